The van der Waals surface area contributed by atoms with Gasteiger partial charge in [0.15, 0.2) is 11.0 Å². The van der Waals surface area contributed by atoms with Crippen LogP contribution in [-0.2, 0) is 9.59 Å². The maximum absolute atomic E-state index is 13.2. The standard InChI is InChI=1S/C28H36O2P2/c1-27(2,3)31(25(29)19-17-23-13-9-7-10-14-23)21-22-32(28(4,5)6)26(30)20-18-24-15-11-8-12-16-24/h7-20H,21-22H2,1-6H3/b19-17+,20-18+. The van der Waals surface area contributed by atoms with Crippen LogP contribution in [0.3, 0.4) is 0 Å². The van der Waals surface area contributed by atoms with Gasteiger partial charge >= 0.3 is 0 Å². The maximum atomic E-state index is 13.2. The van der Waals surface area contributed by atoms with E-state index in [0.717, 1.165) is 23.5 Å². The Kier molecular flexibility index (Phi) is 9.75. The molecule has 0 saturated heterocycles. The van der Waals surface area contributed by atoms with Crippen LogP contribution in [-0.4, -0.2) is 33.7 Å². The Labute approximate surface area is 196 Å². The van der Waals surface area contributed by atoms with Gasteiger partial charge in [-0.25, -0.2) is 0 Å². The highest BCUT2D eigenvalue weighted by Crippen LogP contribution is 2.56. The fraction of sp³-hybridized carbons (Fsp3) is 0.357. The topological polar surface area (TPSA) is 34.1 Å². The zero-order chi connectivity index (χ0) is 23.8. The van der Waals surface area contributed by atoms with E-state index in [1.165, 1.54) is 0 Å². The molecule has 170 valence electrons. The summed E-state index contributed by atoms with van der Waals surface area (Å²) in [4.78, 5) is 26.3. The van der Waals surface area contributed by atoms with Crippen LogP contribution < -0.4 is 0 Å². The first-order valence-electron chi connectivity index (χ1n) is 11.1. The average Bonchev–Trinajstić information content (AvgIpc) is 2.73. The van der Waals surface area contributed by atoms with E-state index in [2.05, 4.69) is 41.5 Å². The minimum absolute atomic E-state index is 0.102. The van der Waals surface area contributed by atoms with E-state index in [9.17, 15) is 9.59 Å². The van der Waals surface area contributed by atoms with Crippen LogP contribution in [0.25, 0.3) is 12.2 Å². The van der Waals surface area contributed by atoms with Crippen molar-refractivity contribution in [3.63, 3.8) is 0 Å². The lowest BCUT2D eigenvalue weighted by atomic mass is 10.2. The Bertz CT molecular complexity index is 853. The van der Waals surface area contributed by atoms with Crippen LogP contribution in [0.1, 0.15) is 52.7 Å². The van der Waals surface area contributed by atoms with Gasteiger partial charge in [-0.2, -0.15) is 0 Å². The first-order valence-corrected chi connectivity index (χ1v) is 14.1. The summed E-state index contributed by atoms with van der Waals surface area (Å²) in [5.74, 6) is 0. The molecule has 2 nitrogen and oxygen atoms in total. The quantitative estimate of drug-likeness (QED) is 0.277. The maximum Gasteiger partial charge on any atom is 0.177 e. The predicted octanol–water partition coefficient (Wildman–Crippen LogP) is 8.03. The van der Waals surface area contributed by atoms with Gasteiger partial charge in [-0.15, -0.1) is 0 Å². The molecule has 2 aromatic carbocycles. The Balaban J connectivity index is 2.14. The normalized spacial score (nSPS) is 14.6. The molecule has 0 N–H and O–H groups in total. The van der Waals surface area contributed by atoms with E-state index in [1.807, 2.05) is 72.8 Å². The zero-order valence-corrected chi connectivity index (χ0v) is 22.0. The first kappa shape index (κ1) is 26.4. The number of carbonyl (C=O) groups excluding carboxylic acids is 2. The van der Waals surface area contributed by atoms with Crippen LogP contribution in [0.15, 0.2) is 72.8 Å². The minimum Gasteiger partial charge on any atom is -0.290 e. The summed E-state index contributed by atoms with van der Waals surface area (Å²) >= 11 is 0. The summed E-state index contributed by atoms with van der Waals surface area (Å²) in [7, 11) is -1.81. The molecule has 0 saturated carbocycles. The highest BCUT2D eigenvalue weighted by atomic mass is 31.1. The largest absolute Gasteiger partial charge is 0.290 e. The molecule has 2 aromatic rings. The van der Waals surface area contributed by atoms with Crippen molar-refractivity contribution in [3.05, 3.63) is 83.9 Å². The molecule has 2 rings (SSSR count). The van der Waals surface area contributed by atoms with Crippen LogP contribution >= 0.6 is 15.8 Å². The second kappa shape index (κ2) is 11.8. The second-order valence-electron chi connectivity index (χ2n) is 9.81. The molecule has 0 bridgehead atoms. The molecule has 0 aliphatic heterocycles. The highest BCUT2D eigenvalue weighted by Gasteiger charge is 2.34. The Morgan fingerprint density at radius 1 is 0.625 bits per heavy atom. The molecular weight excluding hydrogens is 430 g/mol. The van der Waals surface area contributed by atoms with Gasteiger partial charge in [0, 0.05) is 0 Å². The molecule has 0 aliphatic rings. The van der Waals surface area contributed by atoms with Crippen molar-refractivity contribution in [1.82, 2.24) is 0 Å². The lowest BCUT2D eigenvalue weighted by Crippen LogP contribution is -2.23. The molecule has 4 heteroatoms. The molecule has 0 amide bonds. The monoisotopic (exact) mass is 466 g/mol. The summed E-state index contributed by atoms with van der Waals surface area (Å²) < 4.78 is 0. The summed E-state index contributed by atoms with van der Waals surface area (Å²) in [5.41, 5.74) is 2.46. The Morgan fingerprint density at radius 2 is 0.938 bits per heavy atom. The predicted molar refractivity (Wildman–Crippen MR) is 144 cm³/mol. The lowest BCUT2D eigenvalue weighted by Gasteiger charge is -2.34. The molecular formula is C28H36O2P2. The zero-order valence-electron chi connectivity index (χ0n) is 20.2. The van der Waals surface area contributed by atoms with Gasteiger partial charge in [-0.1, -0.05) is 114 Å². The fourth-order valence-electron chi connectivity index (χ4n) is 3.40. The van der Waals surface area contributed by atoms with Gasteiger partial charge in [0.05, 0.1) is 0 Å². The van der Waals surface area contributed by atoms with Gasteiger partial charge in [-0.3, -0.25) is 9.59 Å². The SMILES string of the molecule is CC(C)(C)P(CCP(C(=O)/C=C/c1ccccc1)C(C)(C)C)C(=O)/C=C/c1ccccc1. The Morgan fingerprint density at radius 3 is 1.22 bits per heavy atom. The third-order valence-electron chi connectivity index (χ3n) is 5.13. The summed E-state index contributed by atoms with van der Waals surface area (Å²) in [6.07, 6.45) is 8.86. The van der Waals surface area contributed by atoms with Crippen LogP contribution in [0.5, 0.6) is 0 Å². The first-order chi connectivity index (χ1) is 15.0. The molecule has 32 heavy (non-hydrogen) atoms. The van der Waals surface area contributed by atoms with E-state index >= 15 is 0 Å². The van der Waals surface area contributed by atoms with Crippen molar-refractivity contribution in [1.29, 1.82) is 0 Å². The third kappa shape index (κ3) is 8.57. The summed E-state index contributed by atoms with van der Waals surface area (Å²) in [6.45, 7) is 12.9. The number of benzene rings is 2. The Hall–Kier alpha value is -1.88. The molecule has 0 aliphatic carbocycles. The molecule has 0 aromatic heterocycles. The molecule has 0 radical (unpaired) electrons. The molecule has 0 fully saturated rings. The van der Waals surface area contributed by atoms with Crippen LogP contribution in [0, 0.1) is 0 Å². The van der Waals surface area contributed by atoms with Gasteiger partial charge in [-0.05, 0) is 61.8 Å². The van der Waals surface area contributed by atoms with Gasteiger partial charge in [0.25, 0.3) is 0 Å². The number of rotatable bonds is 9. The minimum atomic E-state index is -0.903. The third-order valence-corrected chi connectivity index (χ3v) is 11.4. The number of carbonyl (C=O) groups is 2. The second-order valence-corrected chi connectivity index (χ2v) is 16.0. The van der Waals surface area contributed by atoms with E-state index in [0.29, 0.717) is 0 Å². The van der Waals surface area contributed by atoms with Crippen LogP contribution in [0.2, 0.25) is 0 Å². The average molecular weight is 467 g/mol. The van der Waals surface area contributed by atoms with Gasteiger partial charge in [0.1, 0.15) is 0 Å². The smallest absolute Gasteiger partial charge is 0.177 e. The van der Waals surface area contributed by atoms with Crippen molar-refractivity contribution in [2.24, 2.45) is 0 Å². The highest BCUT2D eigenvalue weighted by molar-refractivity contribution is 7.80. The molecule has 2 atom stereocenters. The van der Waals surface area contributed by atoms with Crippen molar-refractivity contribution >= 4 is 39.0 Å². The van der Waals surface area contributed by atoms with Gasteiger partial charge < -0.3 is 0 Å². The van der Waals surface area contributed by atoms with Crippen molar-refractivity contribution < 1.29 is 9.59 Å². The van der Waals surface area contributed by atoms with E-state index in [-0.39, 0.29) is 21.4 Å². The van der Waals surface area contributed by atoms with Crippen molar-refractivity contribution in [2.45, 2.75) is 51.9 Å². The fourth-order valence-corrected chi connectivity index (χ4v) is 8.61. The van der Waals surface area contributed by atoms with Crippen molar-refractivity contribution in [3.8, 4) is 0 Å². The van der Waals surface area contributed by atoms with E-state index in [1.54, 1.807) is 12.2 Å². The number of hydrogen-bond acceptors (Lipinski definition) is 2. The molecule has 2 unspecified atom stereocenters. The lowest BCUT2D eigenvalue weighted by molar-refractivity contribution is -0.108. The summed E-state index contributed by atoms with van der Waals surface area (Å²) in [5, 5.41) is -0.204. The van der Waals surface area contributed by atoms with Gasteiger partial charge in [0.2, 0.25) is 0 Å². The molecule has 0 spiro atoms. The summed E-state index contributed by atoms with van der Waals surface area (Å²) in [6, 6.07) is 19.8. The van der Waals surface area contributed by atoms with E-state index < -0.39 is 15.8 Å². The van der Waals surface area contributed by atoms with Crippen molar-refractivity contribution in [2.75, 3.05) is 12.3 Å². The van der Waals surface area contributed by atoms with Crippen LogP contribution in [0.4, 0.5) is 0 Å². The number of hydrogen-bond donors (Lipinski definition) is 0. The number of allylic oxidation sites excluding steroid dienone is 2. The van der Waals surface area contributed by atoms with E-state index in [4.69, 9.17) is 0 Å². The molecule has 0 heterocycles.